The van der Waals surface area contributed by atoms with Crippen molar-refractivity contribution in [3.63, 3.8) is 0 Å². The van der Waals surface area contributed by atoms with Gasteiger partial charge in [0, 0.05) is 5.41 Å². The van der Waals surface area contributed by atoms with Gasteiger partial charge < -0.3 is 10.1 Å². The Morgan fingerprint density at radius 3 is 2.47 bits per heavy atom. The summed E-state index contributed by atoms with van der Waals surface area (Å²) in [6.45, 7) is 8.85. The van der Waals surface area contributed by atoms with E-state index in [1.54, 1.807) is 0 Å². The molecule has 1 heterocycles. The third-order valence-corrected chi connectivity index (χ3v) is 3.45. The molecule has 1 amide bonds. The number of hydrogen-bond donors (Lipinski definition) is 1. The Hall–Kier alpha value is -1.51. The molecule has 92 valence electrons. The number of alkyl carbamates (subject to hydrolysis) is 1. The van der Waals surface area contributed by atoms with Crippen LogP contribution in [0.5, 0.6) is 0 Å². The van der Waals surface area contributed by atoms with Crippen LogP contribution in [0.3, 0.4) is 0 Å². The summed E-state index contributed by atoms with van der Waals surface area (Å²) < 4.78 is 5.07. The van der Waals surface area contributed by atoms with Crippen molar-refractivity contribution in [2.45, 2.75) is 33.7 Å². The Morgan fingerprint density at radius 1 is 1.29 bits per heavy atom. The van der Waals surface area contributed by atoms with Crippen molar-refractivity contribution in [1.29, 1.82) is 0 Å². The molecule has 0 aliphatic carbocycles. The van der Waals surface area contributed by atoms with Crippen molar-refractivity contribution >= 4 is 6.09 Å². The van der Waals surface area contributed by atoms with Crippen molar-refractivity contribution in [2.24, 2.45) is 5.41 Å². The van der Waals surface area contributed by atoms with E-state index in [4.69, 9.17) is 4.74 Å². The van der Waals surface area contributed by atoms with E-state index < -0.39 is 0 Å². The van der Waals surface area contributed by atoms with Gasteiger partial charge in [0.1, 0.15) is 6.61 Å². The van der Waals surface area contributed by atoms with Crippen LogP contribution in [0, 0.1) is 19.3 Å². The van der Waals surface area contributed by atoms with Crippen LogP contribution in [0.15, 0.2) is 18.2 Å². The summed E-state index contributed by atoms with van der Waals surface area (Å²) in [4.78, 5) is 11.4. The highest BCUT2D eigenvalue weighted by Crippen LogP contribution is 2.38. The molecule has 2 rings (SSSR count). The van der Waals surface area contributed by atoms with Gasteiger partial charge in [0.25, 0.3) is 0 Å². The van der Waals surface area contributed by atoms with E-state index in [-0.39, 0.29) is 17.6 Å². The number of benzene rings is 1. The van der Waals surface area contributed by atoms with Crippen LogP contribution in [0.2, 0.25) is 0 Å². The Balaban J connectivity index is 2.46. The summed E-state index contributed by atoms with van der Waals surface area (Å²) in [7, 11) is 0. The number of hydrogen-bond acceptors (Lipinski definition) is 2. The molecule has 0 bridgehead atoms. The first-order valence-corrected chi connectivity index (χ1v) is 5.91. The average Bonchev–Trinajstić information content (AvgIpc) is 2.23. The zero-order valence-electron chi connectivity index (χ0n) is 10.8. The normalized spacial score (nSPS) is 22.8. The van der Waals surface area contributed by atoms with Crippen LogP contribution in [0.4, 0.5) is 4.79 Å². The second-order valence-electron chi connectivity index (χ2n) is 5.45. The fraction of sp³-hybridized carbons (Fsp3) is 0.500. The second-order valence-corrected chi connectivity index (χ2v) is 5.45. The quantitative estimate of drug-likeness (QED) is 0.809. The summed E-state index contributed by atoms with van der Waals surface area (Å²) in [5.74, 6) is 0. The van der Waals surface area contributed by atoms with E-state index >= 15 is 0 Å². The Labute approximate surface area is 102 Å². The molecule has 1 saturated heterocycles. The number of cyclic esters (lactones) is 1. The molecule has 0 radical (unpaired) electrons. The number of carbonyl (C=O) groups is 1. The number of aryl methyl sites for hydroxylation is 2. The Kier molecular flexibility index (Phi) is 2.86. The van der Waals surface area contributed by atoms with E-state index in [2.05, 4.69) is 45.1 Å². The van der Waals surface area contributed by atoms with Gasteiger partial charge in [-0.05, 0) is 30.5 Å². The molecule has 0 unspecified atom stereocenters. The fourth-order valence-electron chi connectivity index (χ4n) is 2.44. The predicted octanol–water partition coefficient (Wildman–Crippen LogP) is 3.11. The topological polar surface area (TPSA) is 38.3 Å². The molecule has 3 nitrogen and oxygen atoms in total. The lowest BCUT2D eigenvalue weighted by Gasteiger charge is -2.39. The molecule has 17 heavy (non-hydrogen) atoms. The predicted molar refractivity (Wildman–Crippen MR) is 66.9 cm³/mol. The molecule has 1 N–H and O–H groups in total. The van der Waals surface area contributed by atoms with Crippen LogP contribution in [-0.2, 0) is 4.74 Å². The largest absolute Gasteiger partial charge is 0.449 e. The zero-order valence-corrected chi connectivity index (χ0v) is 10.8. The first kappa shape index (κ1) is 12.0. The number of amides is 1. The van der Waals surface area contributed by atoms with Gasteiger partial charge in [0.05, 0.1) is 6.04 Å². The highest BCUT2D eigenvalue weighted by atomic mass is 16.6. The third kappa shape index (κ3) is 2.14. The summed E-state index contributed by atoms with van der Waals surface area (Å²) >= 11 is 0. The molecular formula is C14H19NO2. The van der Waals surface area contributed by atoms with E-state index in [9.17, 15) is 4.79 Å². The molecule has 0 saturated carbocycles. The van der Waals surface area contributed by atoms with Crippen LogP contribution in [0.1, 0.15) is 36.6 Å². The lowest BCUT2D eigenvalue weighted by atomic mass is 9.77. The monoisotopic (exact) mass is 233 g/mol. The summed E-state index contributed by atoms with van der Waals surface area (Å²) in [6, 6.07) is 6.23. The molecule has 1 aromatic rings. The lowest BCUT2D eigenvalue weighted by Crippen LogP contribution is -2.47. The summed E-state index contributed by atoms with van der Waals surface area (Å²) in [6.07, 6.45) is -0.322. The maximum Gasteiger partial charge on any atom is 0.407 e. The number of ether oxygens (including phenoxy) is 1. The minimum absolute atomic E-state index is 0.0185. The van der Waals surface area contributed by atoms with Crippen LogP contribution >= 0.6 is 0 Å². The van der Waals surface area contributed by atoms with Gasteiger partial charge in [-0.2, -0.15) is 0 Å². The first-order chi connectivity index (χ1) is 7.92. The molecule has 0 aromatic heterocycles. The standard InChI is InChI=1S/C14H19NO2/c1-9-6-5-7-10(2)11(9)12-14(3,4)8-17-13(16)15-12/h5-7,12H,8H2,1-4H3,(H,15,16)/t12-/m1/s1. The molecule has 1 atom stereocenters. The lowest BCUT2D eigenvalue weighted by molar-refractivity contribution is 0.0384. The highest BCUT2D eigenvalue weighted by molar-refractivity contribution is 5.69. The molecule has 1 aliphatic rings. The third-order valence-electron chi connectivity index (χ3n) is 3.45. The zero-order chi connectivity index (χ0) is 12.6. The van der Waals surface area contributed by atoms with Crippen LogP contribution in [-0.4, -0.2) is 12.7 Å². The van der Waals surface area contributed by atoms with Crippen LogP contribution < -0.4 is 5.32 Å². The minimum Gasteiger partial charge on any atom is -0.449 e. The maximum atomic E-state index is 11.4. The van der Waals surface area contributed by atoms with Gasteiger partial charge in [0.2, 0.25) is 0 Å². The Bertz CT molecular complexity index is 431. The van der Waals surface area contributed by atoms with E-state index in [1.807, 2.05) is 6.07 Å². The van der Waals surface area contributed by atoms with Crippen molar-refractivity contribution in [1.82, 2.24) is 5.32 Å². The maximum absolute atomic E-state index is 11.4. The number of rotatable bonds is 1. The van der Waals surface area contributed by atoms with Gasteiger partial charge in [-0.1, -0.05) is 32.0 Å². The Morgan fingerprint density at radius 2 is 1.88 bits per heavy atom. The molecule has 1 fully saturated rings. The van der Waals surface area contributed by atoms with E-state index in [0.29, 0.717) is 6.61 Å². The van der Waals surface area contributed by atoms with Gasteiger partial charge >= 0.3 is 6.09 Å². The van der Waals surface area contributed by atoms with Crippen molar-refractivity contribution in [2.75, 3.05) is 6.61 Å². The van der Waals surface area contributed by atoms with Crippen LogP contribution in [0.25, 0.3) is 0 Å². The summed E-state index contributed by atoms with van der Waals surface area (Å²) in [5.41, 5.74) is 3.55. The minimum atomic E-state index is -0.322. The first-order valence-electron chi connectivity index (χ1n) is 5.91. The molecular weight excluding hydrogens is 214 g/mol. The smallest absolute Gasteiger partial charge is 0.407 e. The van der Waals surface area contributed by atoms with Gasteiger partial charge in [-0.3, -0.25) is 0 Å². The van der Waals surface area contributed by atoms with Gasteiger partial charge in [0.15, 0.2) is 0 Å². The number of carbonyl (C=O) groups excluding carboxylic acids is 1. The fourth-order valence-corrected chi connectivity index (χ4v) is 2.44. The van der Waals surface area contributed by atoms with Crippen molar-refractivity contribution in [3.05, 3.63) is 34.9 Å². The average molecular weight is 233 g/mol. The molecule has 3 heteroatoms. The van der Waals surface area contributed by atoms with E-state index in [1.165, 1.54) is 16.7 Å². The highest BCUT2D eigenvalue weighted by Gasteiger charge is 2.39. The SMILES string of the molecule is Cc1cccc(C)c1[C@H]1NC(=O)OCC1(C)C. The molecule has 1 aromatic carbocycles. The summed E-state index contributed by atoms with van der Waals surface area (Å²) in [5, 5.41) is 2.94. The molecule has 1 aliphatic heterocycles. The van der Waals surface area contributed by atoms with Gasteiger partial charge in [-0.25, -0.2) is 4.79 Å². The molecule has 0 spiro atoms. The van der Waals surface area contributed by atoms with E-state index in [0.717, 1.165) is 0 Å². The number of nitrogens with one attached hydrogen (secondary N) is 1. The van der Waals surface area contributed by atoms with Gasteiger partial charge in [-0.15, -0.1) is 0 Å². The second kappa shape index (κ2) is 4.06. The van der Waals surface area contributed by atoms with Crippen molar-refractivity contribution < 1.29 is 9.53 Å². The van der Waals surface area contributed by atoms with Crippen molar-refractivity contribution in [3.8, 4) is 0 Å².